The van der Waals surface area contributed by atoms with E-state index >= 15 is 0 Å². The van der Waals surface area contributed by atoms with Crippen LogP contribution in [0, 0.1) is 11.6 Å². The van der Waals surface area contributed by atoms with Crippen molar-refractivity contribution >= 4 is 16.8 Å². The fourth-order valence-electron chi connectivity index (χ4n) is 2.23. The highest BCUT2D eigenvalue weighted by Crippen LogP contribution is 2.23. The van der Waals surface area contributed by atoms with Gasteiger partial charge in [-0.1, -0.05) is 0 Å². The van der Waals surface area contributed by atoms with E-state index in [2.05, 4.69) is 0 Å². The first-order valence-corrected chi connectivity index (χ1v) is 6.24. The van der Waals surface area contributed by atoms with Gasteiger partial charge in [-0.2, -0.15) is 0 Å². The summed E-state index contributed by atoms with van der Waals surface area (Å²) in [6.45, 7) is 0. The molecule has 2 aromatic carbocycles. The van der Waals surface area contributed by atoms with E-state index < -0.39 is 17.5 Å². The number of carbonyl (C=O) groups excluding carboxylic acids is 1. The molecule has 1 aromatic heterocycles. The number of ether oxygens (including phenoxy) is 1. The summed E-state index contributed by atoms with van der Waals surface area (Å²) in [4.78, 5) is 12.4. The number of methoxy groups -OCH3 is 1. The summed E-state index contributed by atoms with van der Waals surface area (Å²) < 4.78 is 32.9. The molecule has 3 aromatic rings. The summed E-state index contributed by atoms with van der Waals surface area (Å²) in [7, 11) is 1.53. The number of fused-ring (bicyclic) bond motifs is 1. The lowest BCUT2D eigenvalue weighted by atomic mass is 10.2. The van der Waals surface area contributed by atoms with Crippen LogP contribution in [0.3, 0.4) is 0 Å². The number of carbonyl (C=O) groups is 1. The molecule has 5 heteroatoms. The first kappa shape index (κ1) is 13.3. The van der Waals surface area contributed by atoms with Crippen LogP contribution in [0.1, 0.15) is 10.4 Å². The van der Waals surface area contributed by atoms with Crippen LogP contribution >= 0.6 is 0 Å². The molecule has 0 bridgehead atoms. The second-order valence-electron chi connectivity index (χ2n) is 4.57. The monoisotopic (exact) mass is 287 g/mol. The maximum Gasteiger partial charge on any atom is 0.262 e. The van der Waals surface area contributed by atoms with Crippen LogP contribution in [0.25, 0.3) is 10.9 Å². The summed E-state index contributed by atoms with van der Waals surface area (Å²) in [5.41, 5.74) is 0.567. The van der Waals surface area contributed by atoms with Gasteiger partial charge < -0.3 is 4.74 Å². The Kier molecular flexibility index (Phi) is 3.17. The van der Waals surface area contributed by atoms with Gasteiger partial charge in [0, 0.05) is 29.3 Å². The quantitative estimate of drug-likeness (QED) is 0.721. The molecule has 0 saturated heterocycles. The van der Waals surface area contributed by atoms with Crippen molar-refractivity contribution in [1.29, 1.82) is 0 Å². The van der Waals surface area contributed by atoms with Gasteiger partial charge >= 0.3 is 0 Å². The predicted molar refractivity (Wildman–Crippen MR) is 74.6 cm³/mol. The normalized spacial score (nSPS) is 10.8. The van der Waals surface area contributed by atoms with E-state index in [-0.39, 0.29) is 5.56 Å². The maximum atomic E-state index is 13.2. The van der Waals surface area contributed by atoms with Gasteiger partial charge in [-0.25, -0.2) is 8.78 Å². The van der Waals surface area contributed by atoms with Gasteiger partial charge in [0.2, 0.25) is 0 Å². The van der Waals surface area contributed by atoms with Gasteiger partial charge in [-0.05, 0) is 30.3 Å². The summed E-state index contributed by atoms with van der Waals surface area (Å²) in [6, 6.07) is 9.79. The largest absolute Gasteiger partial charge is 0.497 e. The van der Waals surface area contributed by atoms with E-state index in [1.165, 1.54) is 11.7 Å². The summed E-state index contributed by atoms with van der Waals surface area (Å²) >= 11 is 0. The summed E-state index contributed by atoms with van der Waals surface area (Å²) in [5.74, 6) is -1.47. The van der Waals surface area contributed by atoms with Crippen molar-refractivity contribution in [1.82, 2.24) is 4.57 Å². The number of rotatable bonds is 2. The van der Waals surface area contributed by atoms with Crippen LogP contribution in [-0.4, -0.2) is 17.6 Å². The fraction of sp³-hybridized carbons (Fsp3) is 0.0625. The van der Waals surface area contributed by atoms with E-state index in [1.807, 2.05) is 6.07 Å². The zero-order valence-electron chi connectivity index (χ0n) is 11.1. The highest BCUT2D eigenvalue weighted by Gasteiger charge is 2.14. The van der Waals surface area contributed by atoms with E-state index in [0.29, 0.717) is 11.3 Å². The van der Waals surface area contributed by atoms with Crippen LogP contribution in [0.15, 0.2) is 48.7 Å². The molecule has 0 unspecified atom stereocenters. The van der Waals surface area contributed by atoms with Crippen molar-refractivity contribution in [3.8, 4) is 5.75 Å². The van der Waals surface area contributed by atoms with Crippen molar-refractivity contribution in [2.75, 3.05) is 7.11 Å². The molecular weight excluding hydrogens is 276 g/mol. The van der Waals surface area contributed by atoms with Crippen LogP contribution in [0.2, 0.25) is 0 Å². The van der Waals surface area contributed by atoms with Gasteiger partial charge in [-0.15, -0.1) is 0 Å². The number of nitrogens with zero attached hydrogens (tertiary/aromatic N) is 1. The van der Waals surface area contributed by atoms with Gasteiger partial charge in [0.15, 0.2) is 0 Å². The van der Waals surface area contributed by atoms with Crippen molar-refractivity contribution < 1.29 is 18.3 Å². The van der Waals surface area contributed by atoms with E-state index in [4.69, 9.17) is 4.74 Å². The zero-order valence-corrected chi connectivity index (χ0v) is 11.1. The lowest BCUT2D eigenvalue weighted by molar-refractivity contribution is 0.0964. The molecule has 0 saturated carbocycles. The number of aromatic nitrogens is 1. The molecule has 0 radical (unpaired) electrons. The second kappa shape index (κ2) is 5.01. The molecule has 0 aliphatic heterocycles. The van der Waals surface area contributed by atoms with Crippen LogP contribution < -0.4 is 4.74 Å². The predicted octanol–water partition coefficient (Wildman–Crippen LogP) is 3.62. The summed E-state index contributed by atoms with van der Waals surface area (Å²) in [5, 5.41) is 0.834. The van der Waals surface area contributed by atoms with Crippen molar-refractivity contribution in [3.05, 3.63) is 65.9 Å². The smallest absolute Gasteiger partial charge is 0.262 e. The third kappa shape index (κ3) is 2.38. The fourth-order valence-corrected chi connectivity index (χ4v) is 2.23. The molecule has 21 heavy (non-hydrogen) atoms. The Bertz CT molecular complexity index is 819. The van der Waals surface area contributed by atoms with Crippen LogP contribution in [0.4, 0.5) is 8.78 Å². The van der Waals surface area contributed by atoms with Gasteiger partial charge in [0.25, 0.3) is 5.91 Å². The molecule has 0 fully saturated rings. The van der Waals surface area contributed by atoms with E-state index in [0.717, 1.165) is 23.6 Å². The van der Waals surface area contributed by atoms with Crippen molar-refractivity contribution in [2.45, 2.75) is 0 Å². The topological polar surface area (TPSA) is 31.2 Å². The molecule has 1 heterocycles. The molecule has 106 valence electrons. The van der Waals surface area contributed by atoms with Crippen molar-refractivity contribution in [3.63, 3.8) is 0 Å². The Morgan fingerprint density at radius 2 is 1.76 bits per heavy atom. The van der Waals surface area contributed by atoms with E-state index in [9.17, 15) is 13.6 Å². The molecule has 3 nitrogen and oxygen atoms in total. The molecule has 3 rings (SSSR count). The second-order valence-corrected chi connectivity index (χ2v) is 4.57. The minimum Gasteiger partial charge on any atom is -0.497 e. The average Bonchev–Trinajstić information content (AvgIpc) is 2.88. The Morgan fingerprint density at radius 1 is 1.05 bits per heavy atom. The first-order valence-electron chi connectivity index (χ1n) is 6.24. The molecule has 0 spiro atoms. The Labute approximate surface area is 119 Å². The first-order chi connectivity index (χ1) is 10.1. The minimum atomic E-state index is -0.785. The number of hydrogen-bond acceptors (Lipinski definition) is 2. The number of hydrogen-bond donors (Lipinski definition) is 0. The third-order valence-corrected chi connectivity index (χ3v) is 3.23. The third-order valence-electron chi connectivity index (χ3n) is 3.23. The Hall–Kier alpha value is -2.69. The van der Waals surface area contributed by atoms with Gasteiger partial charge in [0.05, 0.1) is 12.6 Å². The Morgan fingerprint density at radius 3 is 2.43 bits per heavy atom. The number of benzene rings is 2. The highest BCUT2D eigenvalue weighted by atomic mass is 19.1. The average molecular weight is 287 g/mol. The van der Waals surface area contributed by atoms with Gasteiger partial charge in [0.1, 0.15) is 17.4 Å². The highest BCUT2D eigenvalue weighted by molar-refractivity contribution is 6.02. The minimum absolute atomic E-state index is 0.0483. The standard InChI is InChI=1S/C16H11F2NO2/c1-21-14-3-2-10-4-5-19(15(10)9-14)16(20)11-6-12(17)8-13(18)7-11/h2-9H,1H3. The molecular formula is C16H11F2NO2. The maximum absolute atomic E-state index is 13.2. The van der Waals surface area contributed by atoms with Crippen LogP contribution in [-0.2, 0) is 0 Å². The molecule has 0 aliphatic carbocycles. The van der Waals surface area contributed by atoms with Gasteiger partial charge in [-0.3, -0.25) is 9.36 Å². The molecule has 0 amide bonds. The molecule has 0 N–H and O–H groups in total. The molecule has 0 aliphatic rings. The molecule has 0 atom stereocenters. The lowest BCUT2D eigenvalue weighted by Crippen LogP contribution is -2.11. The van der Waals surface area contributed by atoms with E-state index in [1.54, 1.807) is 24.4 Å². The summed E-state index contributed by atoms with van der Waals surface area (Å²) in [6.07, 6.45) is 1.56. The van der Waals surface area contributed by atoms with Crippen molar-refractivity contribution in [2.24, 2.45) is 0 Å². The number of halogens is 2. The SMILES string of the molecule is COc1ccc2ccn(C(=O)c3cc(F)cc(F)c3)c2c1. The van der Waals surface area contributed by atoms with Crippen LogP contribution in [0.5, 0.6) is 5.75 Å². The lowest BCUT2D eigenvalue weighted by Gasteiger charge is -2.06. The zero-order chi connectivity index (χ0) is 15.0. The Balaban J connectivity index is 2.13.